The number of rotatable bonds is 15. The maximum atomic E-state index is 17.5. The van der Waals surface area contributed by atoms with Gasteiger partial charge >= 0.3 is 0 Å². The van der Waals surface area contributed by atoms with E-state index in [4.69, 9.17) is 9.47 Å². The summed E-state index contributed by atoms with van der Waals surface area (Å²) in [5.74, 6) is -20.4. The first-order valence-electron chi connectivity index (χ1n) is 30.7. The van der Waals surface area contributed by atoms with E-state index in [2.05, 4.69) is 13.2 Å². The van der Waals surface area contributed by atoms with Gasteiger partial charge in [0.15, 0.2) is 46.5 Å². The highest BCUT2D eigenvalue weighted by atomic mass is 19.2. The van der Waals surface area contributed by atoms with Gasteiger partial charge < -0.3 is 14.4 Å². The zero-order valence-electron chi connectivity index (χ0n) is 50.9. The second kappa shape index (κ2) is 24.1. The molecule has 97 heavy (non-hydrogen) atoms. The topological polar surface area (TPSA) is 21.7 Å². The van der Waals surface area contributed by atoms with Crippen LogP contribution in [0.1, 0.15) is 55.6 Å². The van der Waals surface area contributed by atoms with Gasteiger partial charge in [-0.25, -0.2) is 43.9 Å². The van der Waals surface area contributed by atoms with Crippen LogP contribution in [0.4, 0.5) is 61.0 Å². The molecule has 2 aliphatic rings. The minimum absolute atomic E-state index is 0.0712. The first-order valence-corrected chi connectivity index (χ1v) is 30.7. The first kappa shape index (κ1) is 61.2. The Balaban J connectivity index is 1.00. The predicted molar refractivity (Wildman–Crippen MR) is 359 cm³/mol. The summed E-state index contributed by atoms with van der Waals surface area (Å²) in [7, 11) is 0. The molecule has 0 radical (unpaired) electrons. The molecule has 0 spiro atoms. The van der Waals surface area contributed by atoms with E-state index >= 15 is 43.9 Å². The quantitative estimate of drug-likeness (QED) is 0.0580. The highest BCUT2D eigenvalue weighted by Gasteiger charge is 2.53. The zero-order valence-corrected chi connectivity index (χ0v) is 50.9. The number of fused-ring (bicyclic) bond motifs is 6. The highest BCUT2D eigenvalue weighted by Crippen LogP contribution is 2.62. The fourth-order valence-electron chi connectivity index (χ4n) is 14.2. The number of ether oxygens (including phenoxy) is 2. The first-order chi connectivity index (χ1) is 47.1. The van der Waals surface area contributed by atoms with Gasteiger partial charge in [-0.1, -0.05) is 201 Å². The third-order valence-electron chi connectivity index (χ3n) is 18.4. The van der Waals surface area contributed by atoms with Gasteiger partial charge in [0, 0.05) is 28.2 Å². The molecule has 472 valence electrons. The molecular weight excluding hydrogens is 1240 g/mol. The number of nitrogens with zero attached hydrogens (tertiary/aromatic N) is 1. The molecule has 13 aromatic rings. The molecule has 2 aliphatic carbocycles. The van der Waals surface area contributed by atoms with E-state index in [1.165, 1.54) is 48.5 Å². The minimum Gasteiger partial charge on any atom is -0.457 e. The van der Waals surface area contributed by atoms with Gasteiger partial charge in [-0.15, -0.1) is 0 Å². The average molecular weight is 1290 g/mol. The van der Waals surface area contributed by atoms with Crippen molar-refractivity contribution in [3.63, 3.8) is 0 Å². The molecule has 0 heterocycles. The Labute approximate surface area is 551 Å². The molecule has 15 rings (SSSR count). The molecule has 0 aliphatic heterocycles. The van der Waals surface area contributed by atoms with Crippen molar-refractivity contribution in [1.29, 1.82) is 0 Å². The van der Waals surface area contributed by atoms with Crippen molar-refractivity contribution >= 4 is 29.2 Å². The van der Waals surface area contributed by atoms with E-state index in [9.17, 15) is 0 Å². The Hall–Kier alpha value is -12.0. The molecule has 0 fully saturated rings. The number of anilines is 3. The second-order valence-corrected chi connectivity index (χ2v) is 23.5. The number of hydrogen-bond donors (Lipinski definition) is 0. The summed E-state index contributed by atoms with van der Waals surface area (Å²) in [6.07, 6.45) is 3.32. The standard InChI is InChI=1S/C84H49F10NO2/c1-3-48-25-35-57(36-26-48)96-59-39-29-52(30-40-59)83(71-73(85)77(89)81(93)78(90)74(71)86)67-23-12-10-21-63(67)65-43-33-55(46-69(65)83)95(54-18-14-17-51(45-54)62-20-9-8-19-61(62)50-15-6-5-7-16-50)56-34-44-66-64-22-11-13-24-68(64)84(70(66)47-56,72-75(87)79(91)82(94)80(92)76(72)88)53-31-41-60(42-32-53)97-58-37-27-49(4-2)28-38-58/h3-47H,1-2H2. The predicted octanol–water partition coefficient (Wildman–Crippen LogP) is 23.5. The smallest absolute Gasteiger partial charge is 0.200 e. The van der Waals surface area contributed by atoms with Gasteiger partial charge in [-0.05, 0) is 174 Å². The fourth-order valence-corrected chi connectivity index (χ4v) is 14.2. The lowest BCUT2D eigenvalue weighted by Gasteiger charge is -2.36. The fraction of sp³-hybridized carbons (Fsp3) is 0.0238. The van der Waals surface area contributed by atoms with Crippen LogP contribution in [-0.4, -0.2) is 0 Å². The van der Waals surface area contributed by atoms with Gasteiger partial charge in [-0.2, -0.15) is 0 Å². The lowest BCUT2D eigenvalue weighted by Crippen LogP contribution is -2.33. The number of benzene rings is 13. The van der Waals surface area contributed by atoms with Crippen LogP contribution in [0.3, 0.4) is 0 Å². The summed E-state index contributed by atoms with van der Waals surface area (Å²) < 4.78 is 179. The molecule has 13 aromatic carbocycles. The summed E-state index contributed by atoms with van der Waals surface area (Å²) in [6, 6.07) is 74.0. The normalized spacial score (nSPS) is 14.9. The SMILES string of the molecule is C=Cc1ccc(Oc2ccc(C3(c4c(F)c(F)c(F)c(F)c4F)c4ccccc4-c4ccc(N(c5cccc(-c6ccccc6-c6ccccc6)c5)c5ccc6c(c5)C(c5ccc(Oc7ccc(C=C)cc7)cc5)(c5c(F)c(F)c(F)c(F)c5F)c5ccccc5-6)cc43)cc2)cc1. The lowest BCUT2D eigenvalue weighted by molar-refractivity contribution is 0.363. The van der Waals surface area contributed by atoms with Crippen molar-refractivity contribution in [2.45, 2.75) is 10.8 Å². The van der Waals surface area contributed by atoms with E-state index in [1.54, 1.807) is 163 Å². The third kappa shape index (κ3) is 9.74. The Morgan fingerprint density at radius 3 is 0.990 bits per heavy atom. The van der Waals surface area contributed by atoms with Crippen LogP contribution in [0, 0.1) is 58.2 Å². The molecule has 0 amide bonds. The molecule has 0 aromatic heterocycles. The molecule has 3 nitrogen and oxygen atoms in total. The molecule has 0 saturated carbocycles. The summed E-state index contributed by atoms with van der Waals surface area (Å²) >= 11 is 0. The molecular formula is C84H49F10NO2. The molecule has 2 unspecified atom stereocenters. The van der Waals surface area contributed by atoms with Gasteiger partial charge in [0.1, 0.15) is 23.0 Å². The Bertz CT molecular complexity index is 5000. The van der Waals surface area contributed by atoms with Crippen LogP contribution in [-0.2, 0) is 10.8 Å². The van der Waals surface area contributed by atoms with E-state index in [0.29, 0.717) is 45.0 Å². The van der Waals surface area contributed by atoms with Gasteiger partial charge in [0.25, 0.3) is 0 Å². The number of halogens is 10. The van der Waals surface area contributed by atoms with Crippen LogP contribution in [0.5, 0.6) is 23.0 Å². The molecule has 0 saturated heterocycles. The maximum absolute atomic E-state index is 17.5. The Morgan fingerprint density at radius 1 is 0.268 bits per heavy atom. The van der Waals surface area contributed by atoms with Crippen molar-refractivity contribution < 1.29 is 53.4 Å². The van der Waals surface area contributed by atoms with Crippen molar-refractivity contribution in [2.24, 2.45) is 0 Å². The van der Waals surface area contributed by atoms with E-state index < -0.39 is 80.1 Å². The molecule has 0 N–H and O–H groups in total. The molecule has 2 atom stereocenters. The summed E-state index contributed by atoms with van der Waals surface area (Å²) in [5.41, 5.74) is 0.813. The van der Waals surface area contributed by atoms with E-state index in [0.717, 1.165) is 27.8 Å². The average Bonchev–Trinajstić information content (AvgIpc) is 1.53. The van der Waals surface area contributed by atoms with Gasteiger partial charge in [-0.3, -0.25) is 0 Å². The van der Waals surface area contributed by atoms with Crippen LogP contribution in [0.2, 0.25) is 0 Å². The van der Waals surface area contributed by atoms with E-state index in [-0.39, 0.29) is 56.3 Å². The highest BCUT2D eigenvalue weighted by molar-refractivity contribution is 5.94. The van der Waals surface area contributed by atoms with Crippen molar-refractivity contribution in [1.82, 2.24) is 0 Å². The maximum Gasteiger partial charge on any atom is 0.200 e. The summed E-state index contributed by atoms with van der Waals surface area (Å²) in [4.78, 5) is 1.75. The zero-order chi connectivity index (χ0) is 67.0. The second-order valence-electron chi connectivity index (χ2n) is 23.5. The van der Waals surface area contributed by atoms with Gasteiger partial charge in [0.05, 0.1) is 10.8 Å². The van der Waals surface area contributed by atoms with Crippen LogP contribution in [0.15, 0.2) is 274 Å². The largest absolute Gasteiger partial charge is 0.457 e. The summed E-state index contributed by atoms with van der Waals surface area (Å²) in [5, 5.41) is 0. The Kier molecular flexibility index (Phi) is 15.2. The monoisotopic (exact) mass is 1290 g/mol. The van der Waals surface area contributed by atoms with Crippen molar-refractivity contribution in [3.05, 3.63) is 388 Å². The number of hydrogen-bond acceptors (Lipinski definition) is 3. The van der Waals surface area contributed by atoms with Crippen molar-refractivity contribution in [2.75, 3.05) is 4.90 Å². The molecule has 13 heteroatoms. The Morgan fingerprint density at radius 2 is 0.588 bits per heavy atom. The minimum atomic E-state index is -2.36. The summed E-state index contributed by atoms with van der Waals surface area (Å²) in [6.45, 7) is 7.61. The van der Waals surface area contributed by atoms with Crippen molar-refractivity contribution in [3.8, 4) is 67.5 Å². The van der Waals surface area contributed by atoms with Crippen LogP contribution in [0.25, 0.3) is 56.7 Å². The molecule has 0 bridgehead atoms. The van der Waals surface area contributed by atoms with Crippen LogP contribution >= 0.6 is 0 Å². The van der Waals surface area contributed by atoms with E-state index in [1.807, 2.05) is 66.7 Å². The van der Waals surface area contributed by atoms with Crippen LogP contribution < -0.4 is 14.4 Å². The van der Waals surface area contributed by atoms with Gasteiger partial charge in [0.2, 0.25) is 11.6 Å². The third-order valence-corrected chi connectivity index (χ3v) is 18.4. The lowest BCUT2D eigenvalue weighted by atomic mass is 9.67.